The lowest BCUT2D eigenvalue weighted by Gasteiger charge is -2.10. The van der Waals surface area contributed by atoms with Crippen molar-refractivity contribution in [2.24, 2.45) is 0 Å². The number of para-hydroxylation sites is 1. The lowest BCUT2D eigenvalue weighted by molar-refractivity contribution is -0.385. The maximum absolute atomic E-state index is 12.5. The minimum atomic E-state index is -0.646. The van der Waals surface area contributed by atoms with Crippen LogP contribution in [0, 0.1) is 24.0 Å². The minimum absolute atomic E-state index is 0.103. The van der Waals surface area contributed by atoms with Crippen LogP contribution in [-0.4, -0.2) is 28.4 Å². The fourth-order valence-corrected chi connectivity index (χ4v) is 2.83. The number of pyridine rings is 1. The minimum Gasteiger partial charge on any atom is -0.452 e. The van der Waals surface area contributed by atoms with Crippen molar-refractivity contribution in [2.45, 2.75) is 13.8 Å². The predicted molar refractivity (Wildman–Crippen MR) is 103 cm³/mol. The third-order valence-corrected chi connectivity index (χ3v) is 4.17. The Kier molecular flexibility index (Phi) is 5.30. The molecule has 0 aliphatic carbocycles. The number of esters is 1. The summed E-state index contributed by atoms with van der Waals surface area (Å²) in [7, 11) is 0. The van der Waals surface area contributed by atoms with Crippen molar-refractivity contribution < 1.29 is 19.2 Å². The van der Waals surface area contributed by atoms with Crippen LogP contribution < -0.4 is 5.32 Å². The quantitative estimate of drug-likeness (QED) is 0.412. The van der Waals surface area contributed by atoms with Gasteiger partial charge in [0, 0.05) is 17.1 Å². The summed E-state index contributed by atoms with van der Waals surface area (Å²) in [6, 6.07) is 13.1. The molecule has 142 valence electrons. The Balaban J connectivity index is 1.71. The zero-order valence-electron chi connectivity index (χ0n) is 15.3. The Morgan fingerprint density at radius 3 is 2.64 bits per heavy atom. The molecule has 8 nitrogen and oxygen atoms in total. The number of amides is 1. The van der Waals surface area contributed by atoms with E-state index in [0.717, 1.165) is 0 Å². The predicted octanol–water partition coefficient (Wildman–Crippen LogP) is 3.56. The van der Waals surface area contributed by atoms with E-state index in [1.54, 1.807) is 37.3 Å². The van der Waals surface area contributed by atoms with Gasteiger partial charge >= 0.3 is 5.97 Å². The monoisotopic (exact) mass is 379 g/mol. The van der Waals surface area contributed by atoms with Crippen LogP contribution >= 0.6 is 0 Å². The topological polar surface area (TPSA) is 111 Å². The molecule has 28 heavy (non-hydrogen) atoms. The van der Waals surface area contributed by atoms with E-state index < -0.39 is 23.4 Å². The molecule has 0 bridgehead atoms. The number of benzene rings is 2. The number of nitro groups is 1. The summed E-state index contributed by atoms with van der Waals surface area (Å²) in [5.41, 5.74) is 2.15. The summed E-state index contributed by atoms with van der Waals surface area (Å²) in [6.45, 7) is 2.78. The van der Waals surface area contributed by atoms with Crippen LogP contribution in [0.3, 0.4) is 0 Å². The fourth-order valence-electron chi connectivity index (χ4n) is 2.83. The Hall–Kier alpha value is -3.81. The highest BCUT2D eigenvalue weighted by molar-refractivity contribution is 6.04. The number of anilines is 1. The second-order valence-corrected chi connectivity index (χ2v) is 6.16. The highest BCUT2D eigenvalue weighted by Gasteiger charge is 2.17. The Morgan fingerprint density at radius 1 is 1.14 bits per heavy atom. The molecule has 0 spiro atoms. The summed E-state index contributed by atoms with van der Waals surface area (Å²) in [5, 5.41) is 14.1. The zero-order chi connectivity index (χ0) is 20.3. The first kappa shape index (κ1) is 19.0. The molecule has 0 fully saturated rings. The van der Waals surface area contributed by atoms with Gasteiger partial charge in [-0.2, -0.15) is 0 Å². The molecule has 3 aromatic rings. The molecule has 1 heterocycles. The van der Waals surface area contributed by atoms with Crippen LogP contribution in [-0.2, 0) is 9.53 Å². The van der Waals surface area contributed by atoms with Crippen molar-refractivity contribution in [2.75, 3.05) is 11.9 Å². The van der Waals surface area contributed by atoms with Crippen LogP contribution in [0.15, 0.2) is 48.5 Å². The van der Waals surface area contributed by atoms with Crippen LogP contribution in [0.2, 0.25) is 0 Å². The number of rotatable bonds is 5. The maximum Gasteiger partial charge on any atom is 0.339 e. The molecule has 0 saturated carbocycles. The first-order valence-corrected chi connectivity index (χ1v) is 8.44. The van der Waals surface area contributed by atoms with Gasteiger partial charge in [-0.1, -0.05) is 24.3 Å². The van der Waals surface area contributed by atoms with Crippen molar-refractivity contribution >= 4 is 34.2 Å². The van der Waals surface area contributed by atoms with Crippen molar-refractivity contribution in [3.05, 3.63) is 75.5 Å². The largest absolute Gasteiger partial charge is 0.452 e. The molecule has 2 aromatic carbocycles. The van der Waals surface area contributed by atoms with E-state index in [4.69, 9.17) is 4.74 Å². The highest BCUT2D eigenvalue weighted by atomic mass is 16.6. The standard InChI is InChI=1S/C20H17N3O5/c1-12-10-15(14-6-3-4-7-17(14)21-12)20(25)28-11-19(24)22-16-8-5-9-18(13(16)2)23(26)27/h3-10H,11H2,1-2H3,(H,22,24). The highest BCUT2D eigenvalue weighted by Crippen LogP contribution is 2.25. The molecule has 1 N–H and O–H groups in total. The average Bonchev–Trinajstić information content (AvgIpc) is 2.66. The van der Waals surface area contributed by atoms with Crippen LogP contribution in [0.25, 0.3) is 10.9 Å². The van der Waals surface area contributed by atoms with E-state index in [0.29, 0.717) is 33.4 Å². The number of fused-ring (bicyclic) bond motifs is 1. The van der Waals surface area contributed by atoms with E-state index in [1.807, 2.05) is 6.07 Å². The summed E-state index contributed by atoms with van der Waals surface area (Å²) in [5.74, 6) is -1.24. The van der Waals surface area contributed by atoms with Crippen molar-refractivity contribution in [1.29, 1.82) is 0 Å². The van der Waals surface area contributed by atoms with E-state index in [2.05, 4.69) is 10.3 Å². The first-order valence-electron chi connectivity index (χ1n) is 8.44. The number of carbonyl (C=O) groups excluding carboxylic acids is 2. The molecule has 0 aliphatic heterocycles. The lowest BCUT2D eigenvalue weighted by atomic mass is 10.1. The molecule has 8 heteroatoms. The second-order valence-electron chi connectivity index (χ2n) is 6.16. The van der Waals surface area contributed by atoms with Gasteiger partial charge < -0.3 is 10.1 Å². The van der Waals surface area contributed by atoms with Gasteiger partial charge in [0.15, 0.2) is 6.61 Å². The van der Waals surface area contributed by atoms with Crippen molar-refractivity contribution in [3.8, 4) is 0 Å². The maximum atomic E-state index is 12.5. The molecule has 0 atom stereocenters. The second kappa shape index (κ2) is 7.83. The van der Waals surface area contributed by atoms with Gasteiger partial charge in [0.1, 0.15) is 0 Å². The molecule has 1 amide bonds. The molecular weight excluding hydrogens is 362 g/mol. The SMILES string of the molecule is Cc1cc(C(=O)OCC(=O)Nc2cccc([N+](=O)[O-])c2C)c2ccccc2n1. The first-order chi connectivity index (χ1) is 13.4. The van der Waals surface area contributed by atoms with Crippen LogP contribution in [0.4, 0.5) is 11.4 Å². The number of nitro benzene ring substituents is 1. The number of hydrogen-bond donors (Lipinski definition) is 1. The number of aryl methyl sites for hydroxylation is 1. The molecule has 0 aliphatic rings. The normalized spacial score (nSPS) is 10.5. The summed E-state index contributed by atoms with van der Waals surface area (Å²) in [4.78, 5) is 39.4. The van der Waals surface area contributed by atoms with Gasteiger partial charge in [-0.3, -0.25) is 19.9 Å². The molecule has 0 saturated heterocycles. The van der Waals surface area contributed by atoms with Gasteiger partial charge in [-0.15, -0.1) is 0 Å². The summed E-state index contributed by atoms with van der Waals surface area (Å²) >= 11 is 0. The molecule has 0 unspecified atom stereocenters. The third kappa shape index (κ3) is 3.96. The molecule has 1 aromatic heterocycles. The van der Waals surface area contributed by atoms with E-state index in [9.17, 15) is 19.7 Å². The van der Waals surface area contributed by atoms with E-state index in [-0.39, 0.29) is 5.69 Å². The van der Waals surface area contributed by atoms with Crippen molar-refractivity contribution in [3.63, 3.8) is 0 Å². The number of nitrogens with one attached hydrogen (secondary N) is 1. The Morgan fingerprint density at radius 2 is 1.89 bits per heavy atom. The van der Waals surface area contributed by atoms with Crippen LogP contribution in [0.1, 0.15) is 21.6 Å². The average molecular weight is 379 g/mol. The van der Waals surface area contributed by atoms with Crippen molar-refractivity contribution in [1.82, 2.24) is 4.98 Å². The molecule has 3 rings (SSSR count). The smallest absolute Gasteiger partial charge is 0.339 e. The van der Waals surface area contributed by atoms with Gasteiger partial charge in [0.2, 0.25) is 0 Å². The third-order valence-electron chi connectivity index (χ3n) is 4.17. The Labute approximate surface area is 160 Å². The number of carbonyl (C=O) groups is 2. The van der Waals surface area contributed by atoms with Gasteiger partial charge in [-0.25, -0.2) is 4.79 Å². The molecule has 0 radical (unpaired) electrons. The number of hydrogen-bond acceptors (Lipinski definition) is 6. The lowest BCUT2D eigenvalue weighted by Crippen LogP contribution is -2.21. The zero-order valence-corrected chi connectivity index (χ0v) is 15.3. The van der Waals surface area contributed by atoms with Crippen LogP contribution in [0.5, 0.6) is 0 Å². The van der Waals surface area contributed by atoms with E-state index >= 15 is 0 Å². The van der Waals surface area contributed by atoms with Gasteiger partial charge in [0.25, 0.3) is 11.6 Å². The number of ether oxygens (including phenoxy) is 1. The number of nitrogens with zero attached hydrogens (tertiary/aromatic N) is 2. The summed E-state index contributed by atoms with van der Waals surface area (Å²) < 4.78 is 5.13. The number of aromatic nitrogens is 1. The van der Waals surface area contributed by atoms with E-state index in [1.165, 1.54) is 19.1 Å². The fraction of sp³-hybridized carbons (Fsp3) is 0.150. The summed E-state index contributed by atoms with van der Waals surface area (Å²) in [6.07, 6.45) is 0. The molecular formula is C20H17N3O5. The Bertz CT molecular complexity index is 1090. The van der Waals surface area contributed by atoms with Gasteiger partial charge in [0.05, 0.1) is 27.3 Å². The van der Waals surface area contributed by atoms with Gasteiger partial charge in [-0.05, 0) is 32.0 Å².